The average Bonchev–Trinajstić information content (AvgIpc) is 2.71. The summed E-state index contributed by atoms with van der Waals surface area (Å²) in [5.41, 5.74) is 0. The van der Waals surface area contributed by atoms with E-state index in [0.717, 1.165) is 30.5 Å². The maximum Gasteiger partial charge on any atom is 0.0683 e. The minimum atomic E-state index is -0.230. The van der Waals surface area contributed by atoms with E-state index >= 15 is 0 Å². The Balaban J connectivity index is 1.63. The Morgan fingerprint density at radius 3 is 2.65 bits per heavy atom. The lowest BCUT2D eigenvalue weighted by Gasteiger charge is -2.25. The second-order valence-electron chi connectivity index (χ2n) is 5.35. The SMILES string of the molecule is OC[C@@H]1C[C@H](O)CN1CCSC1CCCCC1. The van der Waals surface area contributed by atoms with E-state index in [0.29, 0.717) is 0 Å². The zero-order chi connectivity index (χ0) is 12.1. The van der Waals surface area contributed by atoms with Crippen LogP contribution in [0.4, 0.5) is 0 Å². The van der Waals surface area contributed by atoms with Crippen LogP contribution in [0.25, 0.3) is 0 Å². The van der Waals surface area contributed by atoms with E-state index in [1.54, 1.807) is 0 Å². The number of β-amino-alcohol motifs (C(OH)–C–C–N with tert-alkyl or cyclic N) is 1. The highest BCUT2D eigenvalue weighted by Gasteiger charge is 2.29. The maximum absolute atomic E-state index is 9.59. The predicted molar refractivity (Wildman–Crippen MR) is 72.4 cm³/mol. The molecule has 100 valence electrons. The molecule has 0 bridgehead atoms. The molecule has 1 saturated carbocycles. The van der Waals surface area contributed by atoms with Gasteiger partial charge in [0.2, 0.25) is 0 Å². The number of nitrogens with zero attached hydrogens (tertiary/aromatic N) is 1. The van der Waals surface area contributed by atoms with E-state index in [9.17, 15) is 10.2 Å². The molecule has 4 heteroatoms. The van der Waals surface area contributed by atoms with Gasteiger partial charge >= 0.3 is 0 Å². The molecule has 1 aliphatic carbocycles. The molecule has 2 aliphatic rings. The van der Waals surface area contributed by atoms with E-state index in [1.807, 2.05) is 0 Å². The van der Waals surface area contributed by atoms with Gasteiger partial charge in [-0.2, -0.15) is 11.8 Å². The summed E-state index contributed by atoms with van der Waals surface area (Å²) in [4.78, 5) is 2.25. The maximum atomic E-state index is 9.59. The molecule has 0 unspecified atom stereocenters. The normalized spacial score (nSPS) is 32.1. The molecule has 2 atom stereocenters. The summed E-state index contributed by atoms with van der Waals surface area (Å²) in [6.07, 6.45) is 7.51. The second kappa shape index (κ2) is 6.98. The molecule has 3 nitrogen and oxygen atoms in total. The van der Waals surface area contributed by atoms with Crippen molar-refractivity contribution in [3.8, 4) is 0 Å². The van der Waals surface area contributed by atoms with Crippen LogP contribution in [0.5, 0.6) is 0 Å². The van der Waals surface area contributed by atoms with E-state index in [4.69, 9.17) is 0 Å². The number of hydrogen-bond acceptors (Lipinski definition) is 4. The van der Waals surface area contributed by atoms with Crippen molar-refractivity contribution >= 4 is 11.8 Å². The van der Waals surface area contributed by atoms with Gasteiger partial charge in [-0.25, -0.2) is 0 Å². The smallest absolute Gasteiger partial charge is 0.0683 e. The summed E-state index contributed by atoms with van der Waals surface area (Å²) in [7, 11) is 0. The molecular weight excluding hydrogens is 234 g/mol. The minimum absolute atomic E-state index is 0.186. The van der Waals surface area contributed by atoms with Crippen LogP contribution in [-0.4, -0.2) is 58.0 Å². The monoisotopic (exact) mass is 259 g/mol. The van der Waals surface area contributed by atoms with E-state index < -0.39 is 0 Å². The summed E-state index contributed by atoms with van der Waals surface area (Å²) in [5.74, 6) is 1.15. The highest BCUT2D eigenvalue weighted by molar-refractivity contribution is 7.99. The summed E-state index contributed by atoms with van der Waals surface area (Å²) in [5, 5.41) is 19.7. The third-order valence-electron chi connectivity index (χ3n) is 4.00. The lowest BCUT2D eigenvalue weighted by atomic mass is 10.0. The van der Waals surface area contributed by atoms with Crippen molar-refractivity contribution in [1.82, 2.24) is 4.90 Å². The number of thioether (sulfide) groups is 1. The van der Waals surface area contributed by atoms with Crippen molar-refractivity contribution in [3.05, 3.63) is 0 Å². The molecule has 1 saturated heterocycles. The Labute approximate surface area is 109 Å². The molecule has 1 aliphatic heterocycles. The Hall–Kier alpha value is 0.230. The van der Waals surface area contributed by atoms with Crippen LogP contribution in [0, 0.1) is 0 Å². The van der Waals surface area contributed by atoms with Crippen LogP contribution < -0.4 is 0 Å². The Bertz CT molecular complexity index is 221. The summed E-state index contributed by atoms with van der Waals surface area (Å²) in [6.45, 7) is 1.95. The second-order valence-corrected chi connectivity index (χ2v) is 6.76. The molecule has 2 rings (SSSR count). The summed E-state index contributed by atoms with van der Waals surface area (Å²) >= 11 is 2.09. The topological polar surface area (TPSA) is 43.7 Å². The van der Waals surface area contributed by atoms with Crippen molar-refractivity contribution in [3.63, 3.8) is 0 Å². The lowest BCUT2D eigenvalue weighted by molar-refractivity contribution is 0.162. The van der Waals surface area contributed by atoms with Crippen molar-refractivity contribution in [2.75, 3.05) is 25.4 Å². The van der Waals surface area contributed by atoms with Crippen LogP contribution in [0.3, 0.4) is 0 Å². The van der Waals surface area contributed by atoms with Gasteiger partial charge < -0.3 is 10.2 Å². The first kappa shape index (κ1) is 13.7. The number of aliphatic hydroxyl groups is 2. The zero-order valence-electron chi connectivity index (χ0n) is 10.6. The molecule has 1 heterocycles. The van der Waals surface area contributed by atoms with Crippen molar-refractivity contribution in [2.24, 2.45) is 0 Å². The fraction of sp³-hybridized carbons (Fsp3) is 1.00. The van der Waals surface area contributed by atoms with Crippen molar-refractivity contribution in [1.29, 1.82) is 0 Å². The number of likely N-dealkylation sites (tertiary alicyclic amines) is 1. The Kier molecular flexibility index (Phi) is 5.60. The highest BCUT2D eigenvalue weighted by atomic mass is 32.2. The van der Waals surface area contributed by atoms with Gasteiger partial charge in [-0.1, -0.05) is 19.3 Å². The number of aliphatic hydroxyl groups excluding tert-OH is 2. The first-order valence-electron chi connectivity index (χ1n) is 6.94. The van der Waals surface area contributed by atoms with Crippen LogP contribution in [-0.2, 0) is 0 Å². The fourth-order valence-electron chi connectivity index (χ4n) is 2.99. The fourth-order valence-corrected chi connectivity index (χ4v) is 4.33. The molecule has 2 N–H and O–H groups in total. The molecule has 0 aromatic rings. The molecule has 0 spiro atoms. The van der Waals surface area contributed by atoms with Crippen molar-refractivity contribution < 1.29 is 10.2 Å². The Morgan fingerprint density at radius 1 is 1.18 bits per heavy atom. The number of hydrogen-bond donors (Lipinski definition) is 2. The van der Waals surface area contributed by atoms with E-state index in [2.05, 4.69) is 16.7 Å². The molecule has 2 fully saturated rings. The van der Waals surface area contributed by atoms with Gasteiger partial charge in [-0.3, -0.25) is 4.90 Å². The first-order chi connectivity index (χ1) is 8.29. The molecule has 0 aromatic carbocycles. The molecule has 0 amide bonds. The van der Waals surface area contributed by atoms with Gasteiger partial charge in [0.25, 0.3) is 0 Å². The minimum Gasteiger partial charge on any atom is -0.395 e. The van der Waals surface area contributed by atoms with Gasteiger partial charge in [0.05, 0.1) is 12.7 Å². The van der Waals surface area contributed by atoms with Gasteiger partial charge in [0.1, 0.15) is 0 Å². The van der Waals surface area contributed by atoms with Crippen LogP contribution in [0.15, 0.2) is 0 Å². The third kappa shape index (κ3) is 4.12. The molecule has 17 heavy (non-hydrogen) atoms. The van der Waals surface area contributed by atoms with Gasteiger partial charge in [0.15, 0.2) is 0 Å². The molecular formula is C13H25NO2S. The quantitative estimate of drug-likeness (QED) is 0.785. The summed E-state index contributed by atoms with van der Waals surface area (Å²) in [6, 6.07) is 0.192. The summed E-state index contributed by atoms with van der Waals surface area (Å²) < 4.78 is 0. The van der Waals surface area contributed by atoms with Crippen LogP contribution in [0.2, 0.25) is 0 Å². The average molecular weight is 259 g/mol. The predicted octanol–water partition coefficient (Wildman–Crippen LogP) is 1.48. The Morgan fingerprint density at radius 2 is 1.94 bits per heavy atom. The van der Waals surface area contributed by atoms with Gasteiger partial charge in [0, 0.05) is 30.1 Å². The molecule has 0 radical (unpaired) electrons. The highest BCUT2D eigenvalue weighted by Crippen LogP contribution is 2.28. The van der Waals surface area contributed by atoms with Gasteiger partial charge in [-0.15, -0.1) is 0 Å². The number of rotatable bonds is 5. The first-order valence-corrected chi connectivity index (χ1v) is 7.99. The lowest BCUT2D eigenvalue weighted by Crippen LogP contribution is -2.34. The van der Waals surface area contributed by atoms with Crippen LogP contribution in [0.1, 0.15) is 38.5 Å². The molecule has 0 aromatic heterocycles. The zero-order valence-corrected chi connectivity index (χ0v) is 11.4. The third-order valence-corrected chi connectivity index (χ3v) is 5.36. The standard InChI is InChI=1S/C13H25NO2S/c15-10-11-8-12(16)9-14(11)6-7-17-13-4-2-1-3-5-13/h11-13,15-16H,1-10H2/t11-,12-/m0/s1. The van der Waals surface area contributed by atoms with Crippen LogP contribution >= 0.6 is 11.8 Å². The largest absolute Gasteiger partial charge is 0.395 e. The van der Waals surface area contributed by atoms with E-state index in [1.165, 1.54) is 32.1 Å². The van der Waals surface area contributed by atoms with Gasteiger partial charge in [-0.05, 0) is 19.3 Å². The van der Waals surface area contributed by atoms with Crippen molar-refractivity contribution in [2.45, 2.75) is 55.9 Å². The van der Waals surface area contributed by atoms with E-state index in [-0.39, 0.29) is 18.8 Å².